The molecule has 0 aromatic carbocycles. The van der Waals surface area contributed by atoms with Crippen molar-refractivity contribution >= 4 is 11.9 Å². The van der Waals surface area contributed by atoms with Gasteiger partial charge in [0.05, 0.1) is 25.0 Å². The molecule has 1 N–H and O–H groups in total. The second-order valence-electron chi connectivity index (χ2n) is 5.19. The summed E-state index contributed by atoms with van der Waals surface area (Å²) in [6.07, 6.45) is 2.43. The fourth-order valence-electron chi connectivity index (χ4n) is 1.74. The van der Waals surface area contributed by atoms with E-state index in [1.807, 2.05) is 13.8 Å². The summed E-state index contributed by atoms with van der Waals surface area (Å²) in [6.45, 7) is 6.20. The van der Waals surface area contributed by atoms with Gasteiger partial charge in [0.2, 0.25) is 5.91 Å². The quantitative estimate of drug-likeness (QED) is 0.716. The molecule has 1 amide bonds. The number of rotatable bonds is 8. The van der Waals surface area contributed by atoms with Gasteiger partial charge in [0, 0.05) is 12.6 Å². The minimum atomic E-state index is -0.855. The predicted molar refractivity (Wildman–Crippen MR) is 67.2 cm³/mol. The summed E-state index contributed by atoms with van der Waals surface area (Å²) in [6, 6.07) is 0.248. The third kappa shape index (κ3) is 5.04. The minimum absolute atomic E-state index is 0.00579. The normalized spacial score (nSPS) is 16.7. The highest BCUT2D eigenvalue weighted by Gasteiger charge is 2.34. The first-order valence-electron chi connectivity index (χ1n) is 6.55. The van der Waals surface area contributed by atoms with Gasteiger partial charge in [-0.25, -0.2) is 0 Å². The van der Waals surface area contributed by atoms with Crippen LogP contribution in [0.4, 0.5) is 0 Å². The van der Waals surface area contributed by atoms with Gasteiger partial charge in [-0.1, -0.05) is 6.92 Å². The molecule has 5 heteroatoms. The molecule has 0 aromatic heterocycles. The molecule has 1 rings (SSSR count). The number of carbonyl (C=O) groups excluding carboxylic acids is 1. The molecule has 1 aliphatic carbocycles. The average molecular weight is 257 g/mol. The van der Waals surface area contributed by atoms with Crippen LogP contribution < -0.4 is 0 Å². The van der Waals surface area contributed by atoms with Gasteiger partial charge in [-0.15, -0.1) is 0 Å². The predicted octanol–water partition coefficient (Wildman–Crippen LogP) is 1.51. The van der Waals surface area contributed by atoms with E-state index in [1.54, 1.807) is 11.8 Å². The number of nitrogens with zero attached hydrogens (tertiary/aromatic N) is 1. The van der Waals surface area contributed by atoms with E-state index in [0.717, 1.165) is 12.8 Å². The fraction of sp³-hybridized carbons (Fsp3) is 0.846. The summed E-state index contributed by atoms with van der Waals surface area (Å²) in [7, 11) is 0. The van der Waals surface area contributed by atoms with Gasteiger partial charge < -0.3 is 14.7 Å². The van der Waals surface area contributed by atoms with Crippen LogP contribution in [0.3, 0.4) is 0 Å². The number of aliphatic carboxylic acids is 1. The van der Waals surface area contributed by atoms with Crippen LogP contribution in [0.5, 0.6) is 0 Å². The molecule has 0 radical (unpaired) electrons. The van der Waals surface area contributed by atoms with E-state index in [1.165, 1.54) is 0 Å². The Labute approximate surface area is 108 Å². The lowest BCUT2D eigenvalue weighted by atomic mass is 10.1. The van der Waals surface area contributed by atoms with Crippen molar-refractivity contribution in [3.8, 4) is 0 Å². The van der Waals surface area contributed by atoms with Crippen molar-refractivity contribution in [1.29, 1.82) is 0 Å². The van der Waals surface area contributed by atoms with Gasteiger partial charge in [0.15, 0.2) is 0 Å². The van der Waals surface area contributed by atoms with Gasteiger partial charge >= 0.3 is 5.97 Å². The monoisotopic (exact) mass is 257 g/mol. The third-order valence-electron chi connectivity index (χ3n) is 2.97. The van der Waals surface area contributed by atoms with Crippen molar-refractivity contribution in [2.24, 2.45) is 5.92 Å². The Morgan fingerprint density at radius 1 is 1.33 bits per heavy atom. The Kier molecular flexibility index (Phi) is 5.59. The molecule has 1 atom stereocenters. The van der Waals surface area contributed by atoms with Crippen molar-refractivity contribution in [2.75, 3.05) is 13.2 Å². The van der Waals surface area contributed by atoms with Crippen molar-refractivity contribution in [3.05, 3.63) is 0 Å². The Bertz CT molecular complexity index is 299. The van der Waals surface area contributed by atoms with E-state index in [4.69, 9.17) is 9.84 Å². The molecule has 0 aromatic rings. The van der Waals surface area contributed by atoms with Crippen LogP contribution in [-0.2, 0) is 14.3 Å². The maximum Gasteiger partial charge on any atom is 0.308 e. The van der Waals surface area contributed by atoms with Crippen LogP contribution in [0.15, 0.2) is 0 Å². The zero-order valence-electron chi connectivity index (χ0n) is 11.4. The lowest BCUT2D eigenvalue weighted by Crippen LogP contribution is -2.39. The molecule has 0 aliphatic heterocycles. The maximum absolute atomic E-state index is 12.0. The lowest BCUT2D eigenvalue weighted by molar-refractivity contribution is -0.143. The third-order valence-corrected chi connectivity index (χ3v) is 2.97. The van der Waals surface area contributed by atoms with Crippen LogP contribution in [0.1, 0.15) is 40.0 Å². The topological polar surface area (TPSA) is 66.8 Å². The summed E-state index contributed by atoms with van der Waals surface area (Å²) in [5.41, 5.74) is 0. The van der Waals surface area contributed by atoms with Crippen molar-refractivity contribution in [1.82, 2.24) is 4.90 Å². The summed E-state index contributed by atoms with van der Waals surface area (Å²) >= 11 is 0. The number of carboxylic acid groups (broad SMARTS) is 1. The molecule has 5 nitrogen and oxygen atoms in total. The van der Waals surface area contributed by atoms with Crippen LogP contribution in [-0.4, -0.2) is 47.2 Å². The van der Waals surface area contributed by atoms with E-state index in [0.29, 0.717) is 19.6 Å². The maximum atomic E-state index is 12.0. The van der Waals surface area contributed by atoms with Crippen LogP contribution in [0, 0.1) is 5.92 Å². The number of carboxylic acids is 1. The summed E-state index contributed by atoms with van der Waals surface area (Å²) in [4.78, 5) is 24.6. The van der Waals surface area contributed by atoms with E-state index in [-0.39, 0.29) is 18.1 Å². The molecule has 18 heavy (non-hydrogen) atoms. The SMILES string of the molecule is CC(C)OCCC(=O)N(CC(C)C(=O)O)C1CC1. The van der Waals surface area contributed by atoms with Gasteiger partial charge in [0.1, 0.15) is 0 Å². The van der Waals surface area contributed by atoms with Gasteiger partial charge in [0.25, 0.3) is 0 Å². The molecule has 104 valence electrons. The fourth-order valence-corrected chi connectivity index (χ4v) is 1.74. The molecular weight excluding hydrogens is 234 g/mol. The second kappa shape index (κ2) is 6.73. The largest absolute Gasteiger partial charge is 0.481 e. The van der Waals surface area contributed by atoms with Gasteiger partial charge in [-0.3, -0.25) is 9.59 Å². The molecule has 1 saturated carbocycles. The zero-order chi connectivity index (χ0) is 13.7. The Hall–Kier alpha value is -1.10. The zero-order valence-corrected chi connectivity index (χ0v) is 11.4. The van der Waals surface area contributed by atoms with Gasteiger partial charge in [-0.2, -0.15) is 0 Å². The Morgan fingerprint density at radius 3 is 2.39 bits per heavy atom. The smallest absolute Gasteiger partial charge is 0.308 e. The first-order valence-corrected chi connectivity index (χ1v) is 6.55. The number of hydrogen-bond acceptors (Lipinski definition) is 3. The molecule has 0 spiro atoms. The first-order chi connectivity index (χ1) is 8.41. The Morgan fingerprint density at radius 2 is 1.94 bits per heavy atom. The molecule has 1 unspecified atom stereocenters. The molecular formula is C13H23NO4. The number of hydrogen-bond donors (Lipinski definition) is 1. The van der Waals surface area contributed by atoms with Crippen molar-refractivity contribution < 1.29 is 19.4 Å². The molecule has 0 saturated heterocycles. The number of ether oxygens (including phenoxy) is 1. The van der Waals surface area contributed by atoms with E-state index in [2.05, 4.69) is 0 Å². The van der Waals surface area contributed by atoms with Crippen LogP contribution >= 0.6 is 0 Å². The van der Waals surface area contributed by atoms with Gasteiger partial charge in [-0.05, 0) is 26.7 Å². The van der Waals surface area contributed by atoms with Crippen molar-refractivity contribution in [3.63, 3.8) is 0 Å². The van der Waals surface area contributed by atoms with Crippen molar-refractivity contribution in [2.45, 2.75) is 52.2 Å². The standard InChI is InChI=1S/C13H23NO4/c1-9(2)18-7-6-12(15)14(11-4-5-11)8-10(3)13(16)17/h9-11H,4-8H2,1-3H3,(H,16,17). The highest BCUT2D eigenvalue weighted by molar-refractivity contribution is 5.78. The Balaban J connectivity index is 2.41. The second-order valence-corrected chi connectivity index (χ2v) is 5.19. The van der Waals surface area contributed by atoms with Crippen LogP contribution in [0.2, 0.25) is 0 Å². The molecule has 1 aliphatic rings. The average Bonchev–Trinajstić information content (AvgIpc) is 3.08. The minimum Gasteiger partial charge on any atom is -0.481 e. The highest BCUT2D eigenvalue weighted by Crippen LogP contribution is 2.28. The summed E-state index contributed by atoms with van der Waals surface area (Å²) in [5.74, 6) is -1.36. The molecule has 0 bridgehead atoms. The lowest BCUT2D eigenvalue weighted by Gasteiger charge is -2.24. The first kappa shape index (κ1) is 15.0. The van der Waals surface area contributed by atoms with E-state index < -0.39 is 11.9 Å². The number of amides is 1. The van der Waals surface area contributed by atoms with Crippen LogP contribution in [0.25, 0.3) is 0 Å². The van der Waals surface area contributed by atoms with E-state index in [9.17, 15) is 9.59 Å². The number of carbonyl (C=O) groups is 2. The highest BCUT2D eigenvalue weighted by atomic mass is 16.5. The molecule has 1 fully saturated rings. The molecule has 0 heterocycles. The van der Waals surface area contributed by atoms with E-state index >= 15 is 0 Å². The summed E-state index contributed by atoms with van der Waals surface area (Å²) < 4.78 is 5.35. The summed E-state index contributed by atoms with van der Waals surface area (Å²) in [5, 5.41) is 8.90.